The molecule has 0 saturated carbocycles. The predicted molar refractivity (Wildman–Crippen MR) is 109 cm³/mol. The summed E-state index contributed by atoms with van der Waals surface area (Å²) in [6, 6.07) is 7.65. The zero-order valence-corrected chi connectivity index (χ0v) is 17.7. The molecule has 0 saturated heterocycles. The third-order valence-electron chi connectivity index (χ3n) is 4.02. The Hall–Kier alpha value is -2.55. The number of hydrogen-bond acceptors (Lipinski definition) is 6. The fourth-order valence-electron chi connectivity index (χ4n) is 2.50. The lowest BCUT2D eigenvalue weighted by atomic mass is 10.2. The first-order valence-corrected chi connectivity index (χ1v) is 9.99. The number of methoxy groups -OCH3 is 1. The first-order valence-electron chi connectivity index (χ1n) is 9.00. The molecular formula is C19H27N5O3S. The highest BCUT2D eigenvalue weighted by Gasteiger charge is 2.18. The topological polar surface area (TPSA) is 89.3 Å². The highest BCUT2D eigenvalue weighted by Crippen LogP contribution is 2.26. The summed E-state index contributed by atoms with van der Waals surface area (Å²) in [6.45, 7) is 5.01. The molecule has 0 radical (unpaired) electrons. The quantitative estimate of drug-likeness (QED) is 0.641. The molecule has 0 aliphatic heterocycles. The van der Waals surface area contributed by atoms with Crippen LogP contribution in [-0.2, 0) is 16.1 Å². The lowest BCUT2D eigenvalue weighted by molar-refractivity contribution is -0.132. The Morgan fingerprint density at radius 2 is 1.93 bits per heavy atom. The van der Waals surface area contributed by atoms with E-state index in [1.807, 2.05) is 28.8 Å². The van der Waals surface area contributed by atoms with Gasteiger partial charge in [-0.05, 0) is 30.2 Å². The fraction of sp³-hybridized carbons (Fsp3) is 0.474. The molecule has 152 valence electrons. The van der Waals surface area contributed by atoms with E-state index in [2.05, 4.69) is 29.4 Å². The van der Waals surface area contributed by atoms with Crippen molar-refractivity contribution in [2.75, 3.05) is 33.5 Å². The molecule has 1 N–H and O–H groups in total. The van der Waals surface area contributed by atoms with Gasteiger partial charge in [0.05, 0.1) is 19.4 Å². The van der Waals surface area contributed by atoms with Crippen molar-refractivity contribution in [2.45, 2.75) is 25.5 Å². The molecule has 1 heterocycles. The second-order valence-electron chi connectivity index (χ2n) is 6.75. The first-order chi connectivity index (χ1) is 13.3. The van der Waals surface area contributed by atoms with Gasteiger partial charge in [0.15, 0.2) is 11.0 Å². The Kier molecular flexibility index (Phi) is 7.86. The van der Waals surface area contributed by atoms with Crippen molar-refractivity contribution in [3.8, 4) is 17.1 Å². The van der Waals surface area contributed by atoms with Gasteiger partial charge in [-0.2, -0.15) is 0 Å². The largest absolute Gasteiger partial charge is 0.497 e. The van der Waals surface area contributed by atoms with Crippen LogP contribution < -0.4 is 10.1 Å². The van der Waals surface area contributed by atoms with Crippen molar-refractivity contribution < 1.29 is 14.3 Å². The molecule has 0 atom stereocenters. The third-order valence-corrected chi connectivity index (χ3v) is 4.97. The number of carbonyl (C=O) groups excluding carboxylic acids is 2. The second kappa shape index (κ2) is 10.1. The maximum atomic E-state index is 12.3. The number of amides is 2. The standard InChI is InChI=1S/C19H27N5O3S/c1-13(2)10-24-18(14-6-8-15(27-5)9-7-14)21-22-19(24)28-12-17(26)23(4)11-16(25)20-3/h6-9,13H,10-12H2,1-5H3,(H,20,25). The molecule has 0 bridgehead atoms. The Bertz CT molecular complexity index is 804. The number of thioether (sulfide) groups is 1. The van der Waals surface area contributed by atoms with Gasteiger partial charge in [0, 0.05) is 26.2 Å². The average Bonchev–Trinajstić information content (AvgIpc) is 3.07. The normalized spacial score (nSPS) is 10.8. The Morgan fingerprint density at radius 3 is 2.50 bits per heavy atom. The van der Waals surface area contributed by atoms with Crippen molar-refractivity contribution >= 4 is 23.6 Å². The maximum Gasteiger partial charge on any atom is 0.239 e. The number of aromatic nitrogens is 3. The Balaban J connectivity index is 2.16. The van der Waals surface area contributed by atoms with Crippen LogP contribution in [0.1, 0.15) is 13.8 Å². The molecule has 0 spiro atoms. The molecule has 9 heteroatoms. The SMILES string of the molecule is CNC(=O)CN(C)C(=O)CSc1nnc(-c2ccc(OC)cc2)n1CC(C)C. The van der Waals surface area contributed by atoms with Gasteiger partial charge in [-0.3, -0.25) is 9.59 Å². The van der Waals surface area contributed by atoms with E-state index in [4.69, 9.17) is 4.74 Å². The first kappa shape index (κ1) is 21.7. The van der Waals surface area contributed by atoms with Crippen LogP contribution in [0.2, 0.25) is 0 Å². The van der Waals surface area contributed by atoms with E-state index in [-0.39, 0.29) is 24.1 Å². The van der Waals surface area contributed by atoms with Gasteiger partial charge in [-0.1, -0.05) is 25.6 Å². The number of ether oxygens (including phenoxy) is 1. The number of nitrogens with zero attached hydrogens (tertiary/aromatic N) is 4. The zero-order valence-electron chi connectivity index (χ0n) is 16.9. The van der Waals surface area contributed by atoms with Gasteiger partial charge in [-0.15, -0.1) is 10.2 Å². The minimum Gasteiger partial charge on any atom is -0.497 e. The molecule has 28 heavy (non-hydrogen) atoms. The second-order valence-corrected chi connectivity index (χ2v) is 7.69. The van der Waals surface area contributed by atoms with Crippen LogP contribution in [0.5, 0.6) is 5.75 Å². The zero-order chi connectivity index (χ0) is 20.7. The summed E-state index contributed by atoms with van der Waals surface area (Å²) in [5.41, 5.74) is 0.934. The van der Waals surface area contributed by atoms with Gasteiger partial charge in [0.25, 0.3) is 0 Å². The van der Waals surface area contributed by atoms with E-state index < -0.39 is 0 Å². The van der Waals surface area contributed by atoms with Crippen LogP contribution in [0.25, 0.3) is 11.4 Å². The van der Waals surface area contributed by atoms with Gasteiger partial charge in [0.1, 0.15) is 5.75 Å². The maximum absolute atomic E-state index is 12.3. The average molecular weight is 406 g/mol. The molecule has 0 unspecified atom stereocenters. The molecule has 0 aliphatic rings. The number of nitrogens with one attached hydrogen (secondary N) is 1. The number of carbonyl (C=O) groups is 2. The highest BCUT2D eigenvalue weighted by atomic mass is 32.2. The number of benzene rings is 1. The highest BCUT2D eigenvalue weighted by molar-refractivity contribution is 7.99. The van der Waals surface area contributed by atoms with Gasteiger partial charge < -0.3 is 19.5 Å². The van der Waals surface area contributed by atoms with Crippen LogP contribution in [0, 0.1) is 5.92 Å². The fourth-order valence-corrected chi connectivity index (χ4v) is 3.39. The monoisotopic (exact) mass is 405 g/mol. The molecule has 1 aromatic carbocycles. The molecular weight excluding hydrogens is 378 g/mol. The smallest absolute Gasteiger partial charge is 0.239 e. The van der Waals surface area contributed by atoms with Crippen molar-refractivity contribution in [3.63, 3.8) is 0 Å². The van der Waals surface area contributed by atoms with Crippen molar-refractivity contribution in [1.82, 2.24) is 25.0 Å². The summed E-state index contributed by atoms with van der Waals surface area (Å²) < 4.78 is 7.24. The van der Waals surface area contributed by atoms with E-state index in [1.165, 1.54) is 16.7 Å². The molecule has 0 fully saturated rings. The molecule has 0 aliphatic carbocycles. The van der Waals surface area contributed by atoms with Gasteiger partial charge in [0.2, 0.25) is 11.8 Å². The molecule has 8 nitrogen and oxygen atoms in total. The summed E-state index contributed by atoms with van der Waals surface area (Å²) in [5.74, 6) is 1.76. The van der Waals surface area contributed by atoms with E-state index in [9.17, 15) is 9.59 Å². The van der Waals surface area contributed by atoms with Crippen LogP contribution in [0.4, 0.5) is 0 Å². The van der Waals surface area contributed by atoms with E-state index in [1.54, 1.807) is 21.2 Å². The van der Waals surface area contributed by atoms with Crippen molar-refractivity contribution in [3.05, 3.63) is 24.3 Å². The number of likely N-dealkylation sites (N-methyl/N-ethyl adjacent to an activating group) is 2. The van der Waals surface area contributed by atoms with Crippen molar-refractivity contribution in [2.24, 2.45) is 5.92 Å². The van der Waals surface area contributed by atoms with E-state index in [0.29, 0.717) is 11.1 Å². The predicted octanol–water partition coefficient (Wildman–Crippen LogP) is 1.91. The summed E-state index contributed by atoms with van der Waals surface area (Å²) in [5, 5.41) is 11.8. The van der Waals surface area contributed by atoms with E-state index >= 15 is 0 Å². The molecule has 1 aromatic heterocycles. The molecule has 2 amide bonds. The van der Waals surface area contributed by atoms with Crippen LogP contribution >= 0.6 is 11.8 Å². The van der Waals surface area contributed by atoms with E-state index in [0.717, 1.165) is 23.7 Å². The Morgan fingerprint density at radius 1 is 1.25 bits per heavy atom. The Labute approximate surface area is 169 Å². The summed E-state index contributed by atoms with van der Waals surface area (Å²) >= 11 is 1.33. The van der Waals surface area contributed by atoms with Gasteiger partial charge >= 0.3 is 0 Å². The minimum absolute atomic E-state index is 0.0334. The molecule has 2 rings (SSSR count). The number of hydrogen-bond donors (Lipinski definition) is 1. The van der Waals surface area contributed by atoms with Crippen LogP contribution in [0.15, 0.2) is 29.4 Å². The summed E-state index contributed by atoms with van der Waals surface area (Å²) in [7, 11) is 4.79. The van der Waals surface area contributed by atoms with Gasteiger partial charge in [-0.25, -0.2) is 0 Å². The van der Waals surface area contributed by atoms with Crippen LogP contribution in [-0.4, -0.2) is 65.0 Å². The molecule has 2 aromatic rings. The lowest BCUT2D eigenvalue weighted by Crippen LogP contribution is -2.37. The lowest BCUT2D eigenvalue weighted by Gasteiger charge is -2.16. The minimum atomic E-state index is -0.203. The van der Waals surface area contributed by atoms with Crippen LogP contribution in [0.3, 0.4) is 0 Å². The summed E-state index contributed by atoms with van der Waals surface area (Å²) in [4.78, 5) is 25.1. The third kappa shape index (κ3) is 5.72. The number of rotatable bonds is 9. The van der Waals surface area contributed by atoms with Crippen molar-refractivity contribution in [1.29, 1.82) is 0 Å². The summed E-state index contributed by atoms with van der Waals surface area (Å²) in [6.07, 6.45) is 0.